The van der Waals surface area contributed by atoms with Crippen LogP contribution in [0.15, 0.2) is 85.2 Å². The number of anilines is 2. The van der Waals surface area contributed by atoms with Crippen LogP contribution in [0.2, 0.25) is 0 Å². The molecule has 1 aliphatic heterocycles. The van der Waals surface area contributed by atoms with Gasteiger partial charge in [-0.15, -0.1) is 0 Å². The zero-order valence-electron chi connectivity index (χ0n) is 19.4. The lowest BCUT2D eigenvalue weighted by Gasteiger charge is -2.15. The number of aromatic nitrogens is 2. The van der Waals surface area contributed by atoms with Crippen LogP contribution in [-0.4, -0.2) is 28.5 Å². The van der Waals surface area contributed by atoms with Gasteiger partial charge in [0.15, 0.2) is 0 Å². The molecule has 5 rings (SSSR count). The molecule has 1 amide bonds. The number of carbonyl (C=O) groups excluding carboxylic acids is 2. The van der Waals surface area contributed by atoms with Gasteiger partial charge in [-0.25, -0.2) is 9.78 Å². The third-order valence-electron chi connectivity index (χ3n) is 5.97. The largest absolute Gasteiger partial charge is 0.465 e. The number of amides is 1. The van der Waals surface area contributed by atoms with Crippen molar-refractivity contribution >= 4 is 34.5 Å². The highest BCUT2D eigenvalue weighted by Gasteiger charge is 2.29. The van der Waals surface area contributed by atoms with Gasteiger partial charge in [0.1, 0.15) is 5.82 Å². The summed E-state index contributed by atoms with van der Waals surface area (Å²) in [5.74, 6) is 0.214. The summed E-state index contributed by atoms with van der Waals surface area (Å²) >= 11 is 0. The molecule has 35 heavy (non-hydrogen) atoms. The summed E-state index contributed by atoms with van der Waals surface area (Å²) in [6.07, 6.45) is 3.76. The number of methoxy groups -OCH3 is 1. The van der Waals surface area contributed by atoms with Crippen molar-refractivity contribution in [1.29, 1.82) is 0 Å². The maximum atomic E-state index is 13.1. The van der Waals surface area contributed by atoms with Crippen molar-refractivity contribution in [2.45, 2.75) is 13.5 Å². The number of fused-ring (bicyclic) bond motifs is 1. The standard InChI is InChI=1S/C28H24N4O3/c1-3-32-16-15-29-26(32)19-9-12-21(13-10-19)30-25(18-7-5-4-6-8-18)24-22-14-11-20(28(34)35-2)17-23(22)31-27(24)33/h4-17,30H,3H2,1-2H3,(H,31,33)/b25-24-. The van der Waals surface area contributed by atoms with Gasteiger partial charge in [0, 0.05) is 35.8 Å². The first-order valence-corrected chi connectivity index (χ1v) is 11.3. The lowest BCUT2D eigenvalue weighted by Crippen LogP contribution is -2.10. The van der Waals surface area contributed by atoms with E-state index in [1.54, 1.807) is 24.4 Å². The number of aryl methyl sites for hydroxylation is 1. The number of nitrogens with zero attached hydrogens (tertiary/aromatic N) is 2. The zero-order valence-corrected chi connectivity index (χ0v) is 19.4. The second-order valence-electron chi connectivity index (χ2n) is 8.06. The molecule has 7 heteroatoms. The number of nitrogens with one attached hydrogen (secondary N) is 2. The Morgan fingerprint density at radius 1 is 1.03 bits per heavy atom. The fraction of sp³-hybridized carbons (Fsp3) is 0.107. The first-order chi connectivity index (χ1) is 17.1. The monoisotopic (exact) mass is 464 g/mol. The highest BCUT2D eigenvalue weighted by molar-refractivity contribution is 6.37. The van der Waals surface area contributed by atoms with Gasteiger partial charge >= 0.3 is 5.97 Å². The SMILES string of the molecule is CCn1ccnc1-c1ccc(N/C(=C2\C(=O)Nc3cc(C(=O)OC)ccc32)c2ccccc2)cc1. The van der Waals surface area contributed by atoms with E-state index in [0.29, 0.717) is 22.5 Å². The summed E-state index contributed by atoms with van der Waals surface area (Å²) in [4.78, 5) is 29.6. The minimum Gasteiger partial charge on any atom is -0.465 e. The van der Waals surface area contributed by atoms with Crippen LogP contribution in [0, 0.1) is 0 Å². The van der Waals surface area contributed by atoms with Crippen LogP contribution in [0.25, 0.3) is 22.7 Å². The molecule has 0 unspecified atom stereocenters. The molecule has 4 aromatic rings. The Morgan fingerprint density at radius 2 is 1.80 bits per heavy atom. The molecule has 1 aromatic heterocycles. The van der Waals surface area contributed by atoms with Gasteiger partial charge in [0.25, 0.3) is 5.91 Å². The first-order valence-electron chi connectivity index (χ1n) is 11.3. The van der Waals surface area contributed by atoms with Crippen molar-refractivity contribution in [2.24, 2.45) is 0 Å². The van der Waals surface area contributed by atoms with E-state index in [1.807, 2.05) is 60.8 Å². The van der Waals surface area contributed by atoms with E-state index in [0.717, 1.165) is 34.7 Å². The summed E-state index contributed by atoms with van der Waals surface area (Å²) in [5, 5.41) is 6.35. The van der Waals surface area contributed by atoms with Gasteiger partial charge in [0.05, 0.1) is 29.6 Å². The molecular formula is C28H24N4O3. The van der Waals surface area contributed by atoms with E-state index in [2.05, 4.69) is 27.1 Å². The minimum absolute atomic E-state index is 0.241. The average molecular weight is 465 g/mol. The molecule has 0 bridgehead atoms. The fourth-order valence-corrected chi connectivity index (χ4v) is 4.22. The van der Waals surface area contributed by atoms with Gasteiger partial charge < -0.3 is 19.9 Å². The van der Waals surface area contributed by atoms with Crippen LogP contribution in [0.1, 0.15) is 28.4 Å². The number of ether oxygens (including phenoxy) is 1. The Balaban J connectivity index is 1.56. The van der Waals surface area contributed by atoms with Crippen LogP contribution in [-0.2, 0) is 16.1 Å². The molecule has 1 aliphatic rings. The van der Waals surface area contributed by atoms with E-state index in [4.69, 9.17) is 4.74 Å². The predicted octanol–water partition coefficient (Wildman–Crippen LogP) is 5.29. The summed E-state index contributed by atoms with van der Waals surface area (Å²) in [5.41, 5.74) is 5.57. The predicted molar refractivity (Wildman–Crippen MR) is 137 cm³/mol. The molecule has 7 nitrogen and oxygen atoms in total. The maximum absolute atomic E-state index is 13.1. The van der Waals surface area contributed by atoms with Crippen molar-refractivity contribution in [1.82, 2.24) is 9.55 Å². The van der Waals surface area contributed by atoms with Gasteiger partial charge in [0.2, 0.25) is 0 Å². The smallest absolute Gasteiger partial charge is 0.337 e. The first kappa shape index (κ1) is 22.2. The number of benzene rings is 3. The third-order valence-corrected chi connectivity index (χ3v) is 5.97. The zero-order chi connectivity index (χ0) is 24.4. The van der Waals surface area contributed by atoms with Crippen LogP contribution >= 0.6 is 0 Å². The van der Waals surface area contributed by atoms with Gasteiger partial charge in [-0.05, 0) is 48.9 Å². The highest BCUT2D eigenvalue weighted by Crippen LogP contribution is 2.38. The molecule has 0 fully saturated rings. The molecule has 2 heterocycles. The number of imidazole rings is 1. The van der Waals surface area contributed by atoms with Gasteiger partial charge in [-0.1, -0.05) is 36.4 Å². The highest BCUT2D eigenvalue weighted by atomic mass is 16.5. The Kier molecular flexibility index (Phi) is 5.89. The van der Waals surface area contributed by atoms with E-state index in [9.17, 15) is 9.59 Å². The van der Waals surface area contributed by atoms with Gasteiger partial charge in [-0.2, -0.15) is 0 Å². The van der Waals surface area contributed by atoms with Crippen molar-refractivity contribution in [2.75, 3.05) is 17.7 Å². The molecule has 3 aromatic carbocycles. The molecule has 0 aliphatic carbocycles. The summed E-state index contributed by atoms with van der Waals surface area (Å²) < 4.78 is 6.90. The maximum Gasteiger partial charge on any atom is 0.337 e. The second kappa shape index (κ2) is 9.30. The Hall–Kier alpha value is -4.65. The van der Waals surface area contributed by atoms with Gasteiger partial charge in [-0.3, -0.25) is 4.79 Å². The lowest BCUT2D eigenvalue weighted by molar-refractivity contribution is -0.110. The van der Waals surface area contributed by atoms with Crippen molar-refractivity contribution in [3.63, 3.8) is 0 Å². The fourth-order valence-electron chi connectivity index (χ4n) is 4.22. The average Bonchev–Trinajstić information content (AvgIpc) is 3.51. The number of hydrogen-bond donors (Lipinski definition) is 2. The lowest BCUT2D eigenvalue weighted by atomic mass is 9.99. The number of esters is 1. The molecule has 174 valence electrons. The molecule has 0 atom stereocenters. The Morgan fingerprint density at radius 3 is 2.51 bits per heavy atom. The van der Waals surface area contributed by atoms with Crippen molar-refractivity contribution in [3.05, 3.63) is 102 Å². The number of carbonyl (C=O) groups is 2. The normalized spacial score (nSPS) is 13.7. The van der Waals surface area contributed by atoms with Crippen LogP contribution < -0.4 is 10.6 Å². The Bertz CT molecular complexity index is 1440. The summed E-state index contributed by atoms with van der Waals surface area (Å²) in [6, 6.07) is 22.7. The van der Waals surface area contributed by atoms with E-state index in [1.165, 1.54) is 7.11 Å². The molecule has 2 N–H and O–H groups in total. The van der Waals surface area contributed by atoms with Crippen LogP contribution in [0.5, 0.6) is 0 Å². The van der Waals surface area contributed by atoms with Crippen molar-refractivity contribution < 1.29 is 14.3 Å². The minimum atomic E-state index is -0.454. The quantitative estimate of drug-likeness (QED) is 0.299. The topological polar surface area (TPSA) is 85.3 Å². The molecular weight excluding hydrogens is 440 g/mol. The van der Waals surface area contributed by atoms with Crippen molar-refractivity contribution in [3.8, 4) is 11.4 Å². The summed E-state index contributed by atoms with van der Waals surface area (Å²) in [7, 11) is 1.33. The third kappa shape index (κ3) is 4.19. The van der Waals surface area contributed by atoms with E-state index < -0.39 is 5.97 Å². The van der Waals surface area contributed by atoms with Crippen LogP contribution in [0.4, 0.5) is 11.4 Å². The second-order valence-corrected chi connectivity index (χ2v) is 8.06. The molecule has 0 radical (unpaired) electrons. The number of rotatable bonds is 6. The van der Waals surface area contributed by atoms with Crippen LogP contribution in [0.3, 0.4) is 0 Å². The molecule has 0 saturated carbocycles. The van der Waals surface area contributed by atoms with E-state index in [-0.39, 0.29) is 5.91 Å². The molecule has 0 saturated heterocycles. The number of hydrogen-bond acceptors (Lipinski definition) is 5. The summed E-state index contributed by atoms with van der Waals surface area (Å²) in [6.45, 7) is 2.92. The van der Waals surface area contributed by atoms with E-state index >= 15 is 0 Å². The Labute approximate surface area is 203 Å². The molecule has 0 spiro atoms.